The smallest absolute Gasteiger partial charge is 0.338 e. The van der Waals surface area contributed by atoms with Crippen molar-refractivity contribution in [2.45, 2.75) is 19.4 Å². The number of anilines is 1. The number of ether oxygens (including phenoxy) is 1. The van der Waals surface area contributed by atoms with E-state index in [-0.39, 0.29) is 42.4 Å². The molecule has 2 aromatic carbocycles. The summed E-state index contributed by atoms with van der Waals surface area (Å²) in [6.45, 7) is -0.162. The second kappa shape index (κ2) is 7.86. The lowest BCUT2D eigenvalue weighted by molar-refractivity contribution is -0.130. The van der Waals surface area contributed by atoms with Gasteiger partial charge in [-0.3, -0.25) is 28.8 Å². The minimum absolute atomic E-state index is 0.127. The lowest BCUT2D eigenvalue weighted by Gasteiger charge is -2.27. The largest absolute Gasteiger partial charge is 0.454 e. The van der Waals surface area contributed by atoms with Gasteiger partial charge in [0.2, 0.25) is 17.6 Å². The Labute approximate surface area is 186 Å². The van der Waals surface area contributed by atoms with Crippen LogP contribution in [0, 0.1) is 0 Å². The van der Waals surface area contributed by atoms with Crippen LogP contribution in [0.1, 0.15) is 29.0 Å². The van der Waals surface area contributed by atoms with Crippen LogP contribution in [0.3, 0.4) is 0 Å². The molecule has 0 radical (unpaired) electrons. The number of benzene rings is 2. The Balaban J connectivity index is 1.37. The highest BCUT2D eigenvalue weighted by molar-refractivity contribution is 6.01. The van der Waals surface area contributed by atoms with Crippen molar-refractivity contribution in [3.05, 3.63) is 70.3 Å². The third kappa shape index (κ3) is 3.49. The predicted molar refractivity (Wildman–Crippen MR) is 116 cm³/mol. The molecular formula is C22H18N6O5. The average Bonchev–Trinajstić information content (AvgIpc) is 3.27. The Kier molecular flexibility index (Phi) is 4.85. The van der Waals surface area contributed by atoms with Crippen molar-refractivity contribution in [3.63, 3.8) is 0 Å². The summed E-state index contributed by atoms with van der Waals surface area (Å²) in [5.41, 5.74) is 3.63. The second-order valence-electron chi connectivity index (χ2n) is 7.52. The number of aromatic nitrogens is 4. The van der Waals surface area contributed by atoms with Gasteiger partial charge >= 0.3 is 5.97 Å². The quantitative estimate of drug-likeness (QED) is 0.465. The third-order valence-corrected chi connectivity index (χ3v) is 5.44. The summed E-state index contributed by atoms with van der Waals surface area (Å²) in [7, 11) is 1.60. The first-order valence-corrected chi connectivity index (χ1v) is 10.2. The molecule has 0 aliphatic carbocycles. The van der Waals surface area contributed by atoms with E-state index in [0.717, 1.165) is 0 Å². The molecule has 33 heavy (non-hydrogen) atoms. The van der Waals surface area contributed by atoms with Crippen molar-refractivity contribution in [2.75, 3.05) is 5.01 Å². The number of nitrogens with one attached hydrogen (secondary N) is 1. The minimum atomic E-state index is -0.596. The van der Waals surface area contributed by atoms with Gasteiger partial charge in [-0.15, -0.1) is 10.2 Å². The molecule has 2 aromatic heterocycles. The SMILES string of the molecule is Cn1c(=O)c2ccccc2n2c(COC(=O)c3ccc(N4NC(=O)CCC4=O)cc3)nnc12. The summed E-state index contributed by atoms with van der Waals surface area (Å²) >= 11 is 0. The van der Waals surface area contributed by atoms with Crippen molar-refractivity contribution >= 4 is 40.2 Å². The van der Waals surface area contributed by atoms with Gasteiger partial charge in [-0.05, 0) is 36.4 Å². The van der Waals surface area contributed by atoms with Gasteiger partial charge in [-0.2, -0.15) is 0 Å². The molecule has 0 saturated carbocycles. The molecule has 2 amide bonds. The zero-order chi connectivity index (χ0) is 23.1. The standard InChI is InChI=1S/C22H18N6O5/c1-26-20(31)15-4-2-3-5-16(15)27-17(23-24-22(26)27)12-33-21(32)13-6-8-14(9-7-13)28-19(30)11-10-18(29)25-28/h2-9H,10-12H2,1H3,(H,25,29). The van der Waals surface area contributed by atoms with Crippen LogP contribution in [0.15, 0.2) is 53.3 Å². The van der Waals surface area contributed by atoms with Gasteiger partial charge in [0, 0.05) is 19.9 Å². The van der Waals surface area contributed by atoms with E-state index in [4.69, 9.17) is 4.74 Å². The zero-order valence-electron chi connectivity index (χ0n) is 17.5. The molecule has 1 N–H and O–H groups in total. The molecule has 1 aliphatic rings. The number of esters is 1. The van der Waals surface area contributed by atoms with Gasteiger partial charge in [0.1, 0.15) is 0 Å². The fourth-order valence-corrected chi connectivity index (χ4v) is 3.73. The lowest BCUT2D eigenvalue weighted by atomic mass is 10.2. The molecule has 11 heteroatoms. The van der Waals surface area contributed by atoms with Crippen LogP contribution in [0.2, 0.25) is 0 Å². The molecule has 0 atom stereocenters. The molecule has 3 heterocycles. The summed E-state index contributed by atoms with van der Waals surface area (Å²) < 4.78 is 8.49. The van der Waals surface area contributed by atoms with E-state index in [1.807, 2.05) is 0 Å². The topological polar surface area (TPSA) is 128 Å². The van der Waals surface area contributed by atoms with Gasteiger partial charge in [0.15, 0.2) is 12.4 Å². The molecular weight excluding hydrogens is 428 g/mol. The fourth-order valence-electron chi connectivity index (χ4n) is 3.73. The van der Waals surface area contributed by atoms with Crippen LogP contribution < -0.4 is 16.0 Å². The number of carbonyl (C=O) groups excluding carboxylic acids is 3. The highest BCUT2D eigenvalue weighted by Crippen LogP contribution is 2.19. The number of hydrogen-bond donors (Lipinski definition) is 1. The summed E-state index contributed by atoms with van der Waals surface area (Å²) in [4.78, 5) is 48.7. The Hall–Kier alpha value is -4.54. The van der Waals surface area contributed by atoms with Crippen LogP contribution >= 0.6 is 0 Å². The van der Waals surface area contributed by atoms with Gasteiger partial charge in [-0.1, -0.05) is 12.1 Å². The van der Waals surface area contributed by atoms with Gasteiger partial charge in [0.25, 0.3) is 5.56 Å². The van der Waals surface area contributed by atoms with Crippen molar-refractivity contribution in [1.29, 1.82) is 0 Å². The minimum Gasteiger partial charge on any atom is -0.454 e. The van der Waals surface area contributed by atoms with Crippen LogP contribution in [0.4, 0.5) is 5.69 Å². The number of hydrogen-bond acceptors (Lipinski definition) is 7. The third-order valence-electron chi connectivity index (χ3n) is 5.44. The zero-order valence-corrected chi connectivity index (χ0v) is 17.5. The number of nitrogens with zero attached hydrogens (tertiary/aromatic N) is 5. The highest BCUT2D eigenvalue weighted by atomic mass is 16.5. The number of fused-ring (bicyclic) bond motifs is 3. The molecule has 0 spiro atoms. The van der Waals surface area contributed by atoms with E-state index in [0.29, 0.717) is 28.2 Å². The Morgan fingerprint density at radius 2 is 1.79 bits per heavy atom. The Bertz CT molecular complexity index is 1490. The van der Waals surface area contributed by atoms with E-state index >= 15 is 0 Å². The maximum atomic E-state index is 12.6. The number of rotatable bonds is 4. The Morgan fingerprint density at radius 1 is 1.03 bits per heavy atom. The normalized spacial score (nSPS) is 14.0. The molecule has 1 saturated heterocycles. The number of hydrazine groups is 1. The molecule has 5 rings (SSSR count). The number of aryl methyl sites for hydroxylation is 1. The van der Waals surface area contributed by atoms with E-state index in [1.54, 1.807) is 47.8 Å². The molecule has 1 aliphatic heterocycles. The fraction of sp³-hybridized carbons (Fsp3) is 0.182. The van der Waals surface area contributed by atoms with E-state index in [1.165, 1.54) is 21.7 Å². The van der Waals surface area contributed by atoms with Crippen molar-refractivity contribution in [1.82, 2.24) is 24.6 Å². The molecule has 0 unspecified atom stereocenters. The molecule has 4 aromatic rings. The van der Waals surface area contributed by atoms with Crippen LogP contribution in [0.5, 0.6) is 0 Å². The van der Waals surface area contributed by atoms with Crippen molar-refractivity contribution < 1.29 is 19.1 Å². The molecule has 11 nitrogen and oxygen atoms in total. The Morgan fingerprint density at radius 3 is 2.58 bits per heavy atom. The molecule has 166 valence electrons. The average molecular weight is 446 g/mol. The maximum absolute atomic E-state index is 12.6. The second-order valence-corrected chi connectivity index (χ2v) is 7.52. The molecule has 0 bridgehead atoms. The van der Waals surface area contributed by atoms with Gasteiger partial charge in [0.05, 0.1) is 22.2 Å². The predicted octanol–water partition coefficient (Wildman–Crippen LogP) is 1.10. The summed E-state index contributed by atoms with van der Waals surface area (Å²) in [6, 6.07) is 13.2. The van der Waals surface area contributed by atoms with Crippen molar-refractivity contribution in [2.24, 2.45) is 7.05 Å². The van der Waals surface area contributed by atoms with Crippen LogP contribution in [-0.4, -0.2) is 36.9 Å². The van der Waals surface area contributed by atoms with Crippen LogP contribution in [0.25, 0.3) is 16.7 Å². The van der Waals surface area contributed by atoms with Crippen molar-refractivity contribution in [3.8, 4) is 0 Å². The van der Waals surface area contributed by atoms with Crippen LogP contribution in [-0.2, 0) is 28.0 Å². The number of para-hydroxylation sites is 1. The maximum Gasteiger partial charge on any atom is 0.338 e. The highest BCUT2D eigenvalue weighted by Gasteiger charge is 2.24. The monoisotopic (exact) mass is 446 g/mol. The van der Waals surface area contributed by atoms with E-state index in [9.17, 15) is 19.2 Å². The first kappa shape index (κ1) is 20.4. The van der Waals surface area contributed by atoms with Gasteiger partial charge in [-0.25, -0.2) is 9.80 Å². The number of amides is 2. The lowest BCUT2D eigenvalue weighted by Crippen LogP contribution is -2.50. The number of carbonyl (C=O) groups is 3. The first-order chi connectivity index (χ1) is 15.9. The summed E-state index contributed by atoms with van der Waals surface area (Å²) in [5.74, 6) is -0.374. The van der Waals surface area contributed by atoms with E-state index in [2.05, 4.69) is 15.6 Å². The summed E-state index contributed by atoms with van der Waals surface area (Å²) in [6.07, 6.45) is 0.280. The van der Waals surface area contributed by atoms with E-state index < -0.39 is 5.97 Å². The summed E-state index contributed by atoms with van der Waals surface area (Å²) in [5, 5.41) is 9.83. The van der Waals surface area contributed by atoms with Gasteiger partial charge < -0.3 is 4.74 Å². The first-order valence-electron chi connectivity index (χ1n) is 10.2. The molecule has 1 fully saturated rings.